The van der Waals surface area contributed by atoms with Crippen molar-refractivity contribution in [3.8, 4) is 0 Å². The lowest BCUT2D eigenvalue weighted by Crippen LogP contribution is -2.55. The molecule has 1 unspecified atom stereocenters. The molecule has 0 spiro atoms. The highest BCUT2D eigenvalue weighted by molar-refractivity contribution is 5.37. The smallest absolute Gasteiger partial charge is 0.374 e. The van der Waals surface area contributed by atoms with Crippen LogP contribution >= 0.6 is 0 Å². The molecule has 112 valence electrons. The van der Waals surface area contributed by atoms with Gasteiger partial charge in [0, 0.05) is 30.4 Å². The van der Waals surface area contributed by atoms with E-state index in [9.17, 15) is 27.1 Å². The monoisotopic (exact) mass is 304 g/mol. The largest absolute Gasteiger partial charge is 0.457 e. The zero-order valence-electron chi connectivity index (χ0n) is 10.4. The standard InChI is InChI=1S/C13H9F5N2O/c14-12(15,13(16,17)18)11(21,9-3-6-19-7-4-9)10-2-1-5-20-8-10/h1-8,21H. The third kappa shape index (κ3) is 2.35. The summed E-state index contributed by atoms with van der Waals surface area (Å²) in [5, 5.41) is 10.3. The summed E-state index contributed by atoms with van der Waals surface area (Å²) < 4.78 is 66.1. The van der Waals surface area contributed by atoms with Gasteiger partial charge < -0.3 is 5.11 Å². The van der Waals surface area contributed by atoms with E-state index in [0.717, 1.165) is 42.9 Å². The molecule has 0 amide bonds. The van der Waals surface area contributed by atoms with Gasteiger partial charge in [0.1, 0.15) is 0 Å². The molecule has 0 aliphatic heterocycles. The van der Waals surface area contributed by atoms with E-state index in [4.69, 9.17) is 0 Å². The number of alkyl halides is 5. The van der Waals surface area contributed by atoms with Gasteiger partial charge in [0.15, 0.2) is 5.60 Å². The molecule has 8 heteroatoms. The van der Waals surface area contributed by atoms with Crippen LogP contribution in [0, 0.1) is 0 Å². The second kappa shape index (κ2) is 5.03. The molecular formula is C13H9F5N2O. The first kappa shape index (κ1) is 15.3. The predicted octanol–water partition coefficient (Wildman–Crippen LogP) is 2.91. The van der Waals surface area contributed by atoms with Crippen LogP contribution in [0.3, 0.4) is 0 Å². The summed E-state index contributed by atoms with van der Waals surface area (Å²) in [7, 11) is 0. The number of aromatic nitrogens is 2. The first-order chi connectivity index (χ1) is 9.71. The Hall–Kier alpha value is -2.09. The van der Waals surface area contributed by atoms with E-state index in [1.54, 1.807) is 0 Å². The van der Waals surface area contributed by atoms with Crippen molar-refractivity contribution in [2.45, 2.75) is 17.7 Å². The summed E-state index contributed by atoms with van der Waals surface area (Å²) in [4.78, 5) is 7.04. The summed E-state index contributed by atoms with van der Waals surface area (Å²) in [6.45, 7) is 0. The van der Waals surface area contributed by atoms with Crippen LogP contribution in [-0.2, 0) is 5.60 Å². The third-order valence-electron chi connectivity index (χ3n) is 2.99. The molecule has 0 aliphatic carbocycles. The van der Waals surface area contributed by atoms with E-state index in [2.05, 4.69) is 9.97 Å². The minimum Gasteiger partial charge on any atom is -0.374 e. The van der Waals surface area contributed by atoms with Crippen LogP contribution in [0.25, 0.3) is 0 Å². The molecular weight excluding hydrogens is 295 g/mol. The zero-order chi connectivity index (χ0) is 15.7. The molecule has 0 saturated heterocycles. The molecule has 1 N–H and O–H groups in total. The van der Waals surface area contributed by atoms with Gasteiger partial charge in [0.2, 0.25) is 0 Å². The van der Waals surface area contributed by atoms with E-state index < -0.39 is 28.8 Å². The maximum Gasteiger partial charge on any atom is 0.457 e. The van der Waals surface area contributed by atoms with Crippen LogP contribution < -0.4 is 0 Å². The molecule has 0 radical (unpaired) electrons. The lowest BCUT2D eigenvalue weighted by molar-refractivity contribution is -0.336. The minimum atomic E-state index is -5.94. The summed E-state index contributed by atoms with van der Waals surface area (Å²) in [6.07, 6.45) is -1.95. The van der Waals surface area contributed by atoms with E-state index in [-0.39, 0.29) is 0 Å². The first-order valence-electron chi connectivity index (χ1n) is 5.69. The number of hydrogen-bond acceptors (Lipinski definition) is 3. The van der Waals surface area contributed by atoms with Crippen LogP contribution in [-0.4, -0.2) is 27.2 Å². The Morgan fingerprint density at radius 3 is 1.90 bits per heavy atom. The average molecular weight is 304 g/mol. The van der Waals surface area contributed by atoms with Gasteiger partial charge in [-0.3, -0.25) is 9.97 Å². The molecule has 21 heavy (non-hydrogen) atoms. The van der Waals surface area contributed by atoms with Gasteiger partial charge in [-0.25, -0.2) is 0 Å². The fraction of sp³-hybridized carbons (Fsp3) is 0.231. The molecule has 0 fully saturated rings. The Labute approximate surface area is 116 Å². The highest BCUT2D eigenvalue weighted by atomic mass is 19.4. The summed E-state index contributed by atoms with van der Waals surface area (Å²) >= 11 is 0. The molecule has 0 aliphatic rings. The van der Waals surface area contributed by atoms with Crippen molar-refractivity contribution in [1.29, 1.82) is 0 Å². The van der Waals surface area contributed by atoms with E-state index in [1.165, 1.54) is 6.20 Å². The first-order valence-corrected chi connectivity index (χ1v) is 5.69. The number of halogens is 5. The Kier molecular flexibility index (Phi) is 3.66. The van der Waals surface area contributed by atoms with Crippen LogP contribution in [0.2, 0.25) is 0 Å². The van der Waals surface area contributed by atoms with Crippen molar-refractivity contribution in [2.75, 3.05) is 0 Å². The van der Waals surface area contributed by atoms with Gasteiger partial charge in [-0.2, -0.15) is 22.0 Å². The maximum atomic E-state index is 13.9. The van der Waals surface area contributed by atoms with Crippen LogP contribution in [0.1, 0.15) is 11.1 Å². The molecule has 0 saturated carbocycles. The van der Waals surface area contributed by atoms with Gasteiger partial charge >= 0.3 is 12.1 Å². The number of aliphatic hydroxyl groups is 1. The number of nitrogens with zero attached hydrogens (tertiary/aromatic N) is 2. The lowest BCUT2D eigenvalue weighted by atomic mass is 9.81. The summed E-state index contributed by atoms with van der Waals surface area (Å²) in [5.74, 6) is -5.41. The van der Waals surface area contributed by atoms with Gasteiger partial charge in [-0.15, -0.1) is 0 Å². The molecule has 0 aromatic carbocycles. The van der Waals surface area contributed by atoms with E-state index in [1.807, 2.05) is 0 Å². The Bertz CT molecular complexity index is 561. The second-order valence-corrected chi connectivity index (χ2v) is 4.26. The van der Waals surface area contributed by atoms with E-state index in [0.29, 0.717) is 0 Å². The molecule has 0 bridgehead atoms. The van der Waals surface area contributed by atoms with E-state index >= 15 is 0 Å². The van der Waals surface area contributed by atoms with Crippen molar-refractivity contribution in [1.82, 2.24) is 9.97 Å². The van der Waals surface area contributed by atoms with Crippen LogP contribution in [0.4, 0.5) is 22.0 Å². The highest BCUT2D eigenvalue weighted by Crippen LogP contribution is 2.51. The molecule has 2 aromatic heterocycles. The molecule has 3 nitrogen and oxygen atoms in total. The fourth-order valence-electron chi connectivity index (χ4n) is 1.90. The zero-order valence-corrected chi connectivity index (χ0v) is 10.4. The Balaban J connectivity index is 2.73. The summed E-state index contributed by atoms with van der Waals surface area (Å²) in [5.41, 5.74) is -4.89. The third-order valence-corrected chi connectivity index (χ3v) is 2.99. The topological polar surface area (TPSA) is 46.0 Å². The number of hydrogen-bond donors (Lipinski definition) is 1. The SMILES string of the molecule is OC(c1ccncc1)(c1cccnc1)C(F)(F)C(F)(F)F. The minimum absolute atomic E-state index is 0.632. The number of pyridine rings is 2. The maximum absolute atomic E-state index is 13.9. The Morgan fingerprint density at radius 1 is 0.810 bits per heavy atom. The van der Waals surface area contributed by atoms with Crippen molar-refractivity contribution in [3.05, 3.63) is 60.2 Å². The normalized spacial score (nSPS) is 15.5. The molecule has 2 aromatic rings. The predicted molar refractivity (Wildman–Crippen MR) is 62.5 cm³/mol. The summed E-state index contributed by atoms with van der Waals surface area (Å²) in [6, 6.07) is 3.90. The molecule has 2 rings (SSSR count). The van der Waals surface area contributed by atoms with Gasteiger partial charge in [-0.05, 0) is 23.8 Å². The Morgan fingerprint density at radius 2 is 1.43 bits per heavy atom. The van der Waals surface area contributed by atoms with Crippen LogP contribution in [0.15, 0.2) is 49.1 Å². The van der Waals surface area contributed by atoms with Crippen LogP contribution in [0.5, 0.6) is 0 Å². The van der Waals surface area contributed by atoms with Gasteiger partial charge in [0.25, 0.3) is 0 Å². The molecule has 2 heterocycles. The van der Waals surface area contributed by atoms with Crippen molar-refractivity contribution >= 4 is 0 Å². The van der Waals surface area contributed by atoms with Crippen molar-refractivity contribution in [2.24, 2.45) is 0 Å². The molecule has 1 atom stereocenters. The quantitative estimate of drug-likeness (QED) is 0.887. The van der Waals surface area contributed by atoms with Crippen molar-refractivity contribution < 1.29 is 27.1 Å². The van der Waals surface area contributed by atoms with Gasteiger partial charge in [-0.1, -0.05) is 6.07 Å². The average Bonchev–Trinajstić information content (AvgIpc) is 2.47. The highest BCUT2D eigenvalue weighted by Gasteiger charge is 2.71. The second-order valence-electron chi connectivity index (χ2n) is 4.26. The van der Waals surface area contributed by atoms with Crippen molar-refractivity contribution in [3.63, 3.8) is 0 Å². The fourth-order valence-corrected chi connectivity index (χ4v) is 1.90. The van der Waals surface area contributed by atoms with Gasteiger partial charge in [0.05, 0.1) is 0 Å². The number of rotatable bonds is 3. The lowest BCUT2D eigenvalue weighted by Gasteiger charge is -2.37.